The molecule has 0 amide bonds. The van der Waals surface area contributed by atoms with Crippen molar-refractivity contribution in [2.24, 2.45) is 0 Å². The van der Waals surface area contributed by atoms with Crippen LogP contribution in [-0.2, 0) is 16.4 Å². The van der Waals surface area contributed by atoms with Crippen LogP contribution >= 0.6 is 0 Å². The second-order valence-corrected chi connectivity index (χ2v) is 9.73. The Balaban J connectivity index is 1.74. The Morgan fingerprint density at radius 3 is 2.46 bits per heavy atom. The number of aromatic nitrogens is 4. The van der Waals surface area contributed by atoms with Crippen molar-refractivity contribution >= 4 is 21.7 Å². The summed E-state index contributed by atoms with van der Waals surface area (Å²) < 4.78 is 55.1. The van der Waals surface area contributed by atoms with Crippen LogP contribution in [0.1, 0.15) is 35.1 Å². The maximum absolute atomic E-state index is 14.1. The molecule has 37 heavy (non-hydrogen) atoms. The van der Waals surface area contributed by atoms with Crippen molar-refractivity contribution in [1.29, 1.82) is 0 Å². The number of aryl methyl sites for hydroxylation is 3. The van der Waals surface area contributed by atoms with Gasteiger partial charge in [-0.1, -0.05) is 18.8 Å². The molecule has 0 fully saturated rings. The summed E-state index contributed by atoms with van der Waals surface area (Å²) in [6, 6.07) is 7.42. The van der Waals surface area contributed by atoms with E-state index in [4.69, 9.17) is 5.73 Å². The lowest BCUT2D eigenvalue weighted by Gasteiger charge is -2.11. The Labute approximate surface area is 213 Å². The van der Waals surface area contributed by atoms with Crippen LogP contribution in [0.2, 0.25) is 0 Å². The van der Waals surface area contributed by atoms with E-state index in [-0.39, 0.29) is 11.6 Å². The molecule has 3 aromatic heterocycles. The van der Waals surface area contributed by atoms with Gasteiger partial charge in [-0.3, -0.25) is 14.7 Å². The number of hydrogen-bond acceptors (Lipinski definition) is 7. The predicted molar refractivity (Wildman–Crippen MR) is 136 cm³/mol. The van der Waals surface area contributed by atoms with E-state index in [0.717, 1.165) is 23.4 Å². The molecule has 1 aromatic carbocycles. The highest BCUT2D eigenvalue weighted by molar-refractivity contribution is 7.92. The van der Waals surface area contributed by atoms with Gasteiger partial charge in [-0.15, -0.1) is 0 Å². The minimum atomic E-state index is -4.35. The van der Waals surface area contributed by atoms with E-state index in [0.29, 0.717) is 40.7 Å². The van der Waals surface area contributed by atoms with Gasteiger partial charge >= 0.3 is 0 Å². The summed E-state index contributed by atoms with van der Waals surface area (Å²) in [6.07, 6.45) is 3.70. The summed E-state index contributed by atoms with van der Waals surface area (Å²) in [5.74, 6) is 4.07. The van der Waals surface area contributed by atoms with Gasteiger partial charge in [0.1, 0.15) is 16.5 Å². The normalized spacial score (nSPS) is 11.1. The van der Waals surface area contributed by atoms with Gasteiger partial charge in [0.05, 0.1) is 28.3 Å². The highest BCUT2D eigenvalue weighted by atomic mass is 32.2. The number of hydrogen-bond donors (Lipinski definition) is 2. The quantitative estimate of drug-likeness (QED) is 0.379. The number of benzene rings is 1. The number of sulfonamides is 1. The molecule has 0 saturated carbocycles. The van der Waals surface area contributed by atoms with Crippen molar-refractivity contribution in [3.05, 3.63) is 88.6 Å². The van der Waals surface area contributed by atoms with Crippen molar-refractivity contribution in [2.45, 2.75) is 32.1 Å². The Bertz CT molecular complexity index is 1660. The third kappa shape index (κ3) is 5.70. The largest absolute Gasteiger partial charge is 0.368 e. The van der Waals surface area contributed by atoms with Gasteiger partial charge in [0.25, 0.3) is 10.0 Å². The van der Waals surface area contributed by atoms with Crippen molar-refractivity contribution in [3.63, 3.8) is 0 Å². The number of rotatable bonds is 5. The van der Waals surface area contributed by atoms with E-state index in [9.17, 15) is 17.2 Å². The molecular weight excluding hydrogens is 498 g/mol. The molecule has 0 radical (unpaired) electrons. The smallest absolute Gasteiger partial charge is 0.264 e. The second kappa shape index (κ2) is 10.3. The van der Waals surface area contributed by atoms with E-state index >= 15 is 0 Å². The predicted octanol–water partition coefficient (Wildman–Crippen LogP) is 4.17. The first kappa shape index (κ1) is 25.7. The number of nitrogens with zero attached hydrogens (tertiary/aromatic N) is 4. The summed E-state index contributed by atoms with van der Waals surface area (Å²) in [7, 11) is -4.35. The lowest BCUT2D eigenvalue weighted by Crippen LogP contribution is -2.16. The first-order valence-electron chi connectivity index (χ1n) is 11.1. The van der Waals surface area contributed by atoms with E-state index in [1.54, 1.807) is 13.1 Å². The molecule has 0 aliphatic carbocycles. The van der Waals surface area contributed by atoms with E-state index < -0.39 is 26.6 Å². The van der Waals surface area contributed by atoms with Crippen LogP contribution in [0.5, 0.6) is 0 Å². The zero-order valence-electron chi connectivity index (χ0n) is 20.2. The fraction of sp³-hybridized carbons (Fsp3) is 0.154. The molecule has 0 saturated heterocycles. The summed E-state index contributed by atoms with van der Waals surface area (Å²) in [5, 5.41) is 0. The fourth-order valence-corrected chi connectivity index (χ4v) is 4.63. The summed E-state index contributed by atoms with van der Waals surface area (Å²) in [5.41, 5.74) is 10.0. The molecular formula is C26H22F2N6O2S. The first-order chi connectivity index (χ1) is 17.6. The molecule has 4 rings (SSSR count). The van der Waals surface area contributed by atoms with Crippen LogP contribution < -0.4 is 10.5 Å². The van der Waals surface area contributed by atoms with E-state index in [1.807, 2.05) is 26.0 Å². The Hall–Kier alpha value is -4.43. The summed E-state index contributed by atoms with van der Waals surface area (Å²) in [6.45, 7) is 5.37. The Morgan fingerprint density at radius 2 is 1.78 bits per heavy atom. The van der Waals surface area contributed by atoms with Crippen molar-refractivity contribution in [3.8, 4) is 23.1 Å². The lowest BCUT2D eigenvalue weighted by molar-refractivity contribution is 0.551. The highest BCUT2D eigenvalue weighted by Crippen LogP contribution is 2.25. The third-order valence-electron chi connectivity index (χ3n) is 5.37. The van der Waals surface area contributed by atoms with Crippen molar-refractivity contribution in [2.75, 3.05) is 10.5 Å². The van der Waals surface area contributed by atoms with Crippen LogP contribution in [0.15, 0.2) is 53.7 Å². The maximum atomic E-state index is 14.1. The van der Waals surface area contributed by atoms with Crippen LogP contribution in [0, 0.1) is 37.3 Å². The zero-order chi connectivity index (χ0) is 26.7. The third-order valence-corrected chi connectivity index (χ3v) is 6.77. The molecule has 0 aliphatic rings. The average Bonchev–Trinajstić information content (AvgIpc) is 2.84. The molecule has 4 aromatic rings. The number of nitrogen functional groups attached to an aromatic ring is 1. The molecule has 0 atom stereocenters. The van der Waals surface area contributed by atoms with Gasteiger partial charge in [-0.25, -0.2) is 27.2 Å². The molecule has 188 valence electrons. The van der Waals surface area contributed by atoms with Gasteiger partial charge in [-0.05, 0) is 50.6 Å². The molecule has 3 N–H and O–H groups in total. The van der Waals surface area contributed by atoms with Gasteiger partial charge in [0, 0.05) is 35.3 Å². The van der Waals surface area contributed by atoms with Gasteiger partial charge in [0.2, 0.25) is 5.95 Å². The first-order valence-corrected chi connectivity index (χ1v) is 12.6. The summed E-state index contributed by atoms with van der Waals surface area (Å²) in [4.78, 5) is 16.5. The minimum absolute atomic E-state index is 0.0998. The highest BCUT2D eigenvalue weighted by Gasteiger charge is 2.21. The fourth-order valence-electron chi connectivity index (χ4n) is 3.46. The molecule has 11 heteroatoms. The van der Waals surface area contributed by atoms with Crippen LogP contribution in [0.4, 0.5) is 20.4 Å². The van der Waals surface area contributed by atoms with E-state index in [1.165, 1.54) is 12.3 Å². The van der Waals surface area contributed by atoms with Crippen molar-refractivity contribution in [1.82, 2.24) is 19.9 Å². The molecule has 3 heterocycles. The number of anilines is 2. The van der Waals surface area contributed by atoms with E-state index in [2.05, 4.69) is 36.5 Å². The molecule has 0 aliphatic heterocycles. The lowest BCUT2D eigenvalue weighted by atomic mass is 10.0. The molecule has 8 nitrogen and oxygen atoms in total. The minimum Gasteiger partial charge on any atom is -0.368 e. The summed E-state index contributed by atoms with van der Waals surface area (Å²) >= 11 is 0. The number of nitrogens with two attached hydrogens (primary N) is 1. The molecule has 0 unspecified atom stereocenters. The van der Waals surface area contributed by atoms with Crippen LogP contribution in [-0.4, -0.2) is 28.4 Å². The van der Waals surface area contributed by atoms with Gasteiger partial charge in [-0.2, -0.15) is 0 Å². The van der Waals surface area contributed by atoms with Crippen LogP contribution in [0.3, 0.4) is 0 Å². The van der Waals surface area contributed by atoms with Crippen LogP contribution in [0.25, 0.3) is 11.3 Å². The monoisotopic (exact) mass is 520 g/mol. The second-order valence-electron chi connectivity index (χ2n) is 8.08. The average molecular weight is 521 g/mol. The SMILES string of the molecule is CCc1nc(N)nc(-c2ccc(C)nc2)c1C#Cc1cnc(C)c(NS(=O)(=O)c2ccc(F)cc2F)c1. The molecule has 0 spiro atoms. The Morgan fingerprint density at radius 1 is 1.00 bits per heavy atom. The number of halogens is 2. The van der Waals surface area contributed by atoms with Gasteiger partial charge < -0.3 is 5.73 Å². The number of pyridine rings is 2. The maximum Gasteiger partial charge on any atom is 0.264 e. The topological polar surface area (TPSA) is 124 Å². The Kier molecular flexibility index (Phi) is 7.13. The number of nitrogens with one attached hydrogen (secondary N) is 1. The van der Waals surface area contributed by atoms with Gasteiger partial charge in [0.15, 0.2) is 0 Å². The zero-order valence-corrected chi connectivity index (χ0v) is 21.0. The molecule has 0 bridgehead atoms. The standard InChI is InChI=1S/C26H22F2N6O2S/c1-4-22-20(25(33-26(29)32-22)18-7-5-15(2)30-14-18)9-6-17-11-23(16(3)31-13-17)34-37(35,36)24-10-8-19(27)12-21(24)28/h5,7-8,10-14,34H,4H2,1-3H3,(H2,29,32,33). The van der Waals surface area contributed by atoms with Crippen molar-refractivity contribution < 1.29 is 17.2 Å².